The van der Waals surface area contributed by atoms with E-state index >= 15 is 0 Å². The van der Waals surface area contributed by atoms with E-state index in [1.165, 1.54) is 23.9 Å². The Morgan fingerprint density at radius 2 is 2.22 bits per heavy atom. The highest BCUT2D eigenvalue weighted by Gasteiger charge is 2.24. The summed E-state index contributed by atoms with van der Waals surface area (Å²) in [5.41, 5.74) is 0.984. The average Bonchev–Trinajstić information content (AvgIpc) is 2.54. The summed E-state index contributed by atoms with van der Waals surface area (Å²) >= 11 is 1.47. The van der Waals surface area contributed by atoms with Gasteiger partial charge < -0.3 is 9.80 Å². The van der Waals surface area contributed by atoms with Crippen molar-refractivity contribution in [1.82, 2.24) is 9.97 Å². The topological polar surface area (TPSA) is 75.4 Å². The highest BCUT2D eigenvalue weighted by atomic mass is 32.2. The molecule has 0 unspecified atom stereocenters. The third-order valence-electron chi connectivity index (χ3n) is 3.60. The number of nitrogens with zero attached hydrogens (tertiary/aromatic N) is 5. The number of nitro groups is 1. The molecule has 3 rings (SSSR count). The summed E-state index contributed by atoms with van der Waals surface area (Å²) in [6.07, 6.45) is 3.67. The largest absolute Gasteiger partial charge is 0.349 e. The van der Waals surface area contributed by atoms with E-state index in [1.807, 2.05) is 23.1 Å². The van der Waals surface area contributed by atoms with Gasteiger partial charge in [-0.2, -0.15) is 4.39 Å². The molecular weight excluding hydrogens is 321 g/mol. The van der Waals surface area contributed by atoms with Crippen LogP contribution < -0.4 is 9.80 Å². The molecule has 120 valence electrons. The van der Waals surface area contributed by atoms with Crippen LogP contribution in [0.4, 0.5) is 21.6 Å². The van der Waals surface area contributed by atoms with Crippen molar-refractivity contribution in [2.45, 2.75) is 11.7 Å². The van der Waals surface area contributed by atoms with Gasteiger partial charge in [0.2, 0.25) is 5.82 Å². The SMILES string of the molecule is CSc1ncc2c(n1)N(C)CN(c1ccc(F)c([N+](=O)[O-])c1)C2. The van der Waals surface area contributed by atoms with Crippen molar-refractivity contribution in [3.8, 4) is 0 Å². The molecule has 1 aromatic heterocycles. The summed E-state index contributed by atoms with van der Waals surface area (Å²) in [6.45, 7) is 1.01. The van der Waals surface area contributed by atoms with Gasteiger partial charge in [-0.3, -0.25) is 10.1 Å². The van der Waals surface area contributed by atoms with Crippen LogP contribution in [0.3, 0.4) is 0 Å². The minimum atomic E-state index is -0.836. The van der Waals surface area contributed by atoms with Crippen LogP contribution in [0.15, 0.2) is 29.6 Å². The van der Waals surface area contributed by atoms with E-state index in [-0.39, 0.29) is 0 Å². The summed E-state index contributed by atoms with van der Waals surface area (Å²) in [6, 6.07) is 3.92. The summed E-state index contributed by atoms with van der Waals surface area (Å²) in [5.74, 6) is 0.00895. The van der Waals surface area contributed by atoms with E-state index in [2.05, 4.69) is 9.97 Å². The van der Waals surface area contributed by atoms with Gasteiger partial charge in [-0.25, -0.2) is 9.97 Å². The molecule has 0 radical (unpaired) electrons. The number of rotatable bonds is 3. The van der Waals surface area contributed by atoms with Crippen molar-refractivity contribution in [3.63, 3.8) is 0 Å². The van der Waals surface area contributed by atoms with Gasteiger partial charge in [0.15, 0.2) is 5.16 Å². The first-order valence-electron chi connectivity index (χ1n) is 6.79. The molecule has 1 aromatic carbocycles. The lowest BCUT2D eigenvalue weighted by Crippen LogP contribution is -2.41. The lowest BCUT2D eigenvalue weighted by molar-refractivity contribution is -0.387. The van der Waals surface area contributed by atoms with Crippen molar-refractivity contribution in [1.29, 1.82) is 0 Å². The molecule has 2 heterocycles. The van der Waals surface area contributed by atoms with Crippen molar-refractivity contribution in [3.05, 3.63) is 45.9 Å². The van der Waals surface area contributed by atoms with E-state index in [1.54, 1.807) is 6.20 Å². The number of nitro benzene ring substituents is 1. The maximum absolute atomic E-state index is 13.5. The number of halogens is 1. The van der Waals surface area contributed by atoms with Crippen LogP contribution in [0, 0.1) is 15.9 Å². The maximum Gasteiger partial charge on any atom is 0.306 e. The molecule has 0 spiro atoms. The Labute approximate surface area is 136 Å². The Kier molecular flexibility index (Phi) is 4.03. The Balaban J connectivity index is 1.94. The van der Waals surface area contributed by atoms with E-state index in [4.69, 9.17) is 0 Å². The number of fused-ring (bicyclic) bond motifs is 1. The normalized spacial score (nSPS) is 13.9. The zero-order valence-electron chi connectivity index (χ0n) is 12.6. The van der Waals surface area contributed by atoms with Gasteiger partial charge in [-0.05, 0) is 18.4 Å². The van der Waals surface area contributed by atoms with Crippen LogP contribution in [-0.2, 0) is 6.54 Å². The zero-order valence-corrected chi connectivity index (χ0v) is 13.4. The Morgan fingerprint density at radius 1 is 1.43 bits per heavy atom. The fourth-order valence-corrected chi connectivity index (χ4v) is 2.85. The molecule has 0 bridgehead atoms. The molecule has 0 fully saturated rings. The highest BCUT2D eigenvalue weighted by Crippen LogP contribution is 2.31. The molecule has 23 heavy (non-hydrogen) atoms. The summed E-state index contributed by atoms with van der Waals surface area (Å²) in [4.78, 5) is 22.8. The molecule has 0 N–H and O–H groups in total. The van der Waals surface area contributed by atoms with Crippen LogP contribution >= 0.6 is 11.8 Å². The second-order valence-electron chi connectivity index (χ2n) is 5.14. The minimum absolute atomic E-state index is 0.501. The number of anilines is 2. The standard InChI is InChI=1S/C14H14FN5O2S/c1-18-8-19(7-9-6-16-14(23-2)17-13(9)18)10-3-4-11(15)12(5-10)20(21)22/h3-6H,7-8H2,1-2H3. The van der Waals surface area contributed by atoms with Gasteiger partial charge in [0.05, 0.1) is 11.6 Å². The molecule has 1 aliphatic rings. The van der Waals surface area contributed by atoms with Crippen molar-refractivity contribution in [2.75, 3.05) is 29.8 Å². The van der Waals surface area contributed by atoms with Gasteiger partial charge in [0, 0.05) is 37.1 Å². The van der Waals surface area contributed by atoms with Gasteiger partial charge in [-0.1, -0.05) is 11.8 Å². The average molecular weight is 335 g/mol. The van der Waals surface area contributed by atoms with Crippen LogP contribution in [-0.4, -0.2) is 34.9 Å². The lowest BCUT2D eigenvalue weighted by atomic mass is 10.2. The quantitative estimate of drug-likeness (QED) is 0.369. The number of hydrogen-bond acceptors (Lipinski definition) is 7. The first-order chi connectivity index (χ1) is 11.0. The fourth-order valence-electron chi connectivity index (χ4n) is 2.51. The molecular formula is C14H14FN5O2S. The van der Waals surface area contributed by atoms with E-state index in [0.717, 1.165) is 17.4 Å². The van der Waals surface area contributed by atoms with Gasteiger partial charge >= 0.3 is 5.69 Å². The molecule has 9 heteroatoms. The molecule has 0 saturated heterocycles. The third-order valence-corrected chi connectivity index (χ3v) is 4.16. The molecule has 0 amide bonds. The molecule has 0 saturated carbocycles. The smallest absolute Gasteiger partial charge is 0.306 e. The monoisotopic (exact) mass is 335 g/mol. The highest BCUT2D eigenvalue weighted by molar-refractivity contribution is 7.98. The van der Waals surface area contributed by atoms with E-state index in [0.29, 0.717) is 24.1 Å². The predicted molar refractivity (Wildman–Crippen MR) is 86.3 cm³/mol. The van der Waals surface area contributed by atoms with Crippen LogP contribution in [0.1, 0.15) is 5.56 Å². The molecule has 7 nitrogen and oxygen atoms in total. The fraction of sp³-hybridized carbons (Fsp3) is 0.286. The number of benzene rings is 1. The van der Waals surface area contributed by atoms with Gasteiger partial charge in [-0.15, -0.1) is 0 Å². The molecule has 1 aliphatic heterocycles. The maximum atomic E-state index is 13.5. The lowest BCUT2D eigenvalue weighted by Gasteiger charge is -2.36. The number of aromatic nitrogens is 2. The molecule has 2 aromatic rings. The van der Waals surface area contributed by atoms with E-state index in [9.17, 15) is 14.5 Å². The van der Waals surface area contributed by atoms with Crippen molar-refractivity contribution < 1.29 is 9.31 Å². The number of hydrogen-bond donors (Lipinski definition) is 0. The van der Waals surface area contributed by atoms with Gasteiger partial charge in [0.25, 0.3) is 0 Å². The molecule has 0 aliphatic carbocycles. The second kappa shape index (κ2) is 5.99. The summed E-state index contributed by atoms with van der Waals surface area (Å²) in [5, 5.41) is 11.6. The Bertz CT molecular complexity index is 773. The molecule has 0 atom stereocenters. The summed E-state index contributed by atoms with van der Waals surface area (Å²) < 4.78 is 13.5. The zero-order chi connectivity index (χ0) is 16.6. The number of thioether (sulfide) groups is 1. The first-order valence-corrected chi connectivity index (χ1v) is 8.02. The minimum Gasteiger partial charge on any atom is -0.349 e. The summed E-state index contributed by atoms with van der Waals surface area (Å²) in [7, 11) is 1.89. The van der Waals surface area contributed by atoms with Crippen molar-refractivity contribution in [2.24, 2.45) is 0 Å². The Hall–Kier alpha value is -2.42. The second-order valence-corrected chi connectivity index (χ2v) is 5.91. The Morgan fingerprint density at radius 3 is 2.91 bits per heavy atom. The van der Waals surface area contributed by atoms with Crippen LogP contribution in [0.25, 0.3) is 0 Å². The van der Waals surface area contributed by atoms with Crippen LogP contribution in [0.5, 0.6) is 0 Å². The van der Waals surface area contributed by atoms with Gasteiger partial charge in [0.1, 0.15) is 5.82 Å². The van der Waals surface area contributed by atoms with Crippen LogP contribution in [0.2, 0.25) is 0 Å². The predicted octanol–water partition coefficient (Wildman–Crippen LogP) is 2.66. The third kappa shape index (κ3) is 2.91. The van der Waals surface area contributed by atoms with Crippen molar-refractivity contribution >= 4 is 29.0 Å². The van der Waals surface area contributed by atoms with E-state index < -0.39 is 16.4 Å². The first kappa shape index (κ1) is 15.5.